The first-order valence-electron chi connectivity index (χ1n) is 7.62. The fraction of sp³-hybridized carbons (Fsp3) is 0.800. The molecule has 10 heteroatoms. The van der Waals surface area contributed by atoms with Gasteiger partial charge in [-0.2, -0.15) is 17.6 Å². The largest absolute Gasteiger partial charge is 0.459 e. The van der Waals surface area contributed by atoms with Gasteiger partial charge in [0.05, 0.1) is 5.92 Å². The van der Waals surface area contributed by atoms with Gasteiger partial charge in [-0.15, -0.1) is 0 Å². The molecule has 0 aromatic carbocycles. The molecule has 2 aliphatic carbocycles. The van der Waals surface area contributed by atoms with Crippen molar-refractivity contribution >= 4 is 5.97 Å². The molecule has 3 unspecified atom stereocenters. The minimum absolute atomic E-state index is 0.126. The first-order valence-corrected chi connectivity index (χ1v) is 7.62. The van der Waals surface area contributed by atoms with Crippen molar-refractivity contribution < 1.29 is 44.7 Å². The van der Waals surface area contributed by atoms with Crippen molar-refractivity contribution in [2.45, 2.75) is 49.9 Å². The molecular weight excluding hydrogens is 364 g/mol. The Morgan fingerprint density at radius 1 is 1.00 bits per heavy atom. The zero-order valence-electron chi connectivity index (χ0n) is 12.8. The highest BCUT2D eigenvalue weighted by Gasteiger charge is 2.58. The zero-order chi connectivity index (χ0) is 19.0. The van der Waals surface area contributed by atoms with Crippen LogP contribution in [0, 0.1) is 17.8 Å². The number of fused-ring (bicyclic) bond motifs is 2. The lowest BCUT2D eigenvalue weighted by Crippen LogP contribution is -2.46. The Balaban J connectivity index is 1.88. The summed E-state index contributed by atoms with van der Waals surface area (Å²) in [5, 5.41) is 0. The average molecular weight is 380 g/mol. The topological polar surface area (TPSA) is 26.3 Å². The van der Waals surface area contributed by atoms with E-state index in [0.29, 0.717) is 12.8 Å². The number of ether oxygens (including phenoxy) is 1. The molecule has 0 spiro atoms. The Labute approximate surface area is 138 Å². The molecule has 0 N–H and O–H groups in total. The lowest BCUT2D eigenvalue weighted by Gasteiger charge is -2.28. The van der Waals surface area contributed by atoms with E-state index in [4.69, 9.17) is 0 Å². The number of rotatable bonds is 8. The Bertz CT molecular complexity index is 532. The molecule has 0 aromatic rings. The molecule has 3 atom stereocenters. The van der Waals surface area contributed by atoms with Crippen LogP contribution in [0.15, 0.2) is 12.2 Å². The summed E-state index contributed by atoms with van der Waals surface area (Å²) < 4.78 is 107. The van der Waals surface area contributed by atoms with Gasteiger partial charge in [-0.1, -0.05) is 12.2 Å². The van der Waals surface area contributed by atoms with Gasteiger partial charge in [-0.3, -0.25) is 4.79 Å². The second kappa shape index (κ2) is 6.75. The minimum atomic E-state index is -5.01. The number of allylic oxidation sites excluding steroid dienone is 2. The number of halogens is 8. The molecule has 2 nitrogen and oxygen atoms in total. The van der Waals surface area contributed by atoms with Gasteiger partial charge in [0.2, 0.25) is 0 Å². The van der Waals surface area contributed by atoms with Gasteiger partial charge < -0.3 is 4.74 Å². The summed E-state index contributed by atoms with van der Waals surface area (Å²) >= 11 is 0. The lowest BCUT2D eigenvalue weighted by molar-refractivity contribution is -0.243. The smallest absolute Gasteiger partial charge is 0.343 e. The number of carbonyl (C=O) groups is 1. The van der Waals surface area contributed by atoms with E-state index in [1.807, 2.05) is 6.08 Å². The lowest BCUT2D eigenvalue weighted by atomic mass is 9.94. The Morgan fingerprint density at radius 3 is 2.12 bits per heavy atom. The van der Waals surface area contributed by atoms with Crippen LogP contribution in [0.1, 0.15) is 25.7 Å². The van der Waals surface area contributed by atoms with E-state index in [9.17, 15) is 39.9 Å². The third-order valence-electron chi connectivity index (χ3n) is 4.60. The second-order valence-corrected chi connectivity index (χ2v) is 6.47. The van der Waals surface area contributed by atoms with Gasteiger partial charge in [0, 0.05) is 12.8 Å². The van der Waals surface area contributed by atoms with Crippen molar-refractivity contribution in [3.8, 4) is 0 Å². The average Bonchev–Trinajstić information content (AvgIpc) is 3.13. The summed E-state index contributed by atoms with van der Waals surface area (Å²) in [5.41, 5.74) is 0. The zero-order valence-corrected chi connectivity index (χ0v) is 12.8. The molecule has 0 aliphatic heterocycles. The predicted octanol–water partition coefficient (Wildman–Crippen LogP) is 4.69. The van der Waals surface area contributed by atoms with E-state index in [1.54, 1.807) is 6.08 Å². The van der Waals surface area contributed by atoms with E-state index < -0.39 is 55.5 Å². The third kappa shape index (κ3) is 4.25. The summed E-state index contributed by atoms with van der Waals surface area (Å²) in [5.74, 6) is -16.6. The number of esters is 1. The molecule has 2 rings (SSSR count). The van der Waals surface area contributed by atoms with Crippen LogP contribution in [0.4, 0.5) is 35.1 Å². The number of hydrogen-bond donors (Lipinski definition) is 0. The van der Waals surface area contributed by atoms with Crippen molar-refractivity contribution in [1.29, 1.82) is 0 Å². The number of alkyl halides is 8. The summed E-state index contributed by atoms with van der Waals surface area (Å²) in [6, 6.07) is 0. The van der Waals surface area contributed by atoms with Gasteiger partial charge in [0.25, 0.3) is 0 Å². The van der Waals surface area contributed by atoms with Crippen molar-refractivity contribution in [3.63, 3.8) is 0 Å². The summed E-state index contributed by atoms with van der Waals surface area (Å²) in [7, 11) is 0. The summed E-state index contributed by atoms with van der Waals surface area (Å²) in [6.45, 7) is -1.99. The van der Waals surface area contributed by atoms with Crippen LogP contribution in [0.2, 0.25) is 0 Å². The fourth-order valence-electron chi connectivity index (χ4n) is 3.04. The maximum absolute atomic E-state index is 13.5. The van der Waals surface area contributed by atoms with Crippen LogP contribution >= 0.6 is 0 Å². The standard InChI is InChI=1S/C15H16F8O2/c16-12(17)13(18,19)3-4-14(20,21)15(22,23)7-25-11(24)10-6-8-1-2-9(10)5-8/h1-2,8-10,12H,3-7H2. The number of hydrogen-bond acceptors (Lipinski definition) is 2. The first kappa shape index (κ1) is 20.0. The van der Waals surface area contributed by atoms with Crippen molar-refractivity contribution in [2.24, 2.45) is 17.8 Å². The monoisotopic (exact) mass is 380 g/mol. The second-order valence-electron chi connectivity index (χ2n) is 6.47. The molecule has 0 radical (unpaired) electrons. The first-order chi connectivity index (χ1) is 11.4. The Kier molecular flexibility index (Phi) is 5.39. The van der Waals surface area contributed by atoms with Gasteiger partial charge in [0.1, 0.15) is 0 Å². The molecule has 0 aromatic heterocycles. The van der Waals surface area contributed by atoms with Crippen LogP contribution in [-0.2, 0) is 9.53 Å². The quantitative estimate of drug-likeness (QED) is 0.347. The van der Waals surface area contributed by atoms with Gasteiger partial charge in [-0.25, -0.2) is 17.6 Å². The van der Waals surface area contributed by atoms with E-state index in [1.165, 1.54) is 0 Å². The SMILES string of the molecule is O=C(OCC(F)(F)C(F)(F)CCC(F)(F)C(F)F)C1CC2C=CC1C2. The predicted molar refractivity (Wildman–Crippen MR) is 69.9 cm³/mol. The molecule has 1 saturated carbocycles. The van der Waals surface area contributed by atoms with Gasteiger partial charge in [-0.05, 0) is 24.7 Å². The molecule has 2 aliphatic rings. The molecule has 25 heavy (non-hydrogen) atoms. The van der Waals surface area contributed by atoms with Crippen molar-refractivity contribution in [1.82, 2.24) is 0 Å². The minimum Gasteiger partial charge on any atom is -0.459 e. The normalized spacial score (nSPS) is 26.5. The molecule has 1 fully saturated rings. The third-order valence-corrected chi connectivity index (χ3v) is 4.60. The van der Waals surface area contributed by atoms with Gasteiger partial charge >= 0.3 is 30.2 Å². The van der Waals surface area contributed by atoms with Crippen LogP contribution in [0.5, 0.6) is 0 Å². The molecule has 2 bridgehead atoms. The fourth-order valence-corrected chi connectivity index (χ4v) is 3.04. The van der Waals surface area contributed by atoms with E-state index in [0.717, 1.165) is 0 Å². The molecule has 0 saturated heterocycles. The maximum Gasteiger partial charge on any atom is 0.343 e. The van der Waals surface area contributed by atoms with Crippen LogP contribution < -0.4 is 0 Å². The van der Waals surface area contributed by atoms with Crippen molar-refractivity contribution in [2.75, 3.05) is 6.61 Å². The highest BCUT2D eigenvalue weighted by Crippen LogP contribution is 2.45. The van der Waals surface area contributed by atoms with E-state index in [2.05, 4.69) is 4.74 Å². The molecule has 0 amide bonds. The van der Waals surface area contributed by atoms with E-state index in [-0.39, 0.29) is 11.8 Å². The highest BCUT2D eigenvalue weighted by atomic mass is 19.3. The number of carbonyl (C=O) groups excluding carboxylic acids is 1. The van der Waals surface area contributed by atoms with Crippen molar-refractivity contribution in [3.05, 3.63) is 12.2 Å². The molecule has 0 heterocycles. The van der Waals surface area contributed by atoms with Crippen LogP contribution in [0.25, 0.3) is 0 Å². The maximum atomic E-state index is 13.5. The summed E-state index contributed by atoms with van der Waals surface area (Å²) in [4.78, 5) is 11.8. The van der Waals surface area contributed by atoms with Crippen LogP contribution in [0.3, 0.4) is 0 Å². The highest BCUT2D eigenvalue weighted by molar-refractivity contribution is 5.74. The van der Waals surface area contributed by atoms with E-state index >= 15 is 0 Å². The Hall–Kier alpha value is -1.35. The Morgan fingerprint density at radius 2 is 1.64 bits per heavy atom. The summed E-state index contributed by atoms with van der Waals surface area (Å²) in [6.07, 6.45) is -3.86. The molecular formula is C15H16F8O2. The molecule has 144 valence electrons. The van der Waals surface area contributed by atoms with Gasteiger partial charge in [0.15, 0.2) is 6.61 Å². The van der Waals surface area contributed by atoms with Crippen LogP contribution in [-0.4, -0.2) is 36.8 Å².